The molecule has 12 aromatic rings. The highest BCUT2D eigenvalue weighted by Gasteiger charge is 2.27. The van der Waals surface area contributed by atoms with E-state index in [1.165, 1.54) is 56.8 Å². The molecule has 12 rings (SSSR count). The van der Waals surface area contributed by atoms with Crippen molar-refractivity contribution in [3.63, 3.8) is 0 Å². The number of hydrogen-bond acceptors (Lipinski definition) is 5. The van der Waals surface area contributed by atoms with Crippen LogP contribution in [0.2, 0.25) is 0 Å². The zero-order valence-corrected chi connectivity index (χ0v) is 32.2. The van der Waals surface area contributed by atoms with Gasteiger partial charge in [0.25, 0.3) is 0 Å². The van der Waals surface area contributed by atoms with Crippen LogP contribution in [0.5, 0.6) is 0 Å². The lowest BCUT2D eigenvalue weighted by Crippen LogP contribution is -2.13. The summed E-state index contributed by atoms with van der Waals surface area (Å²) in [5.41, 5.74) is 8.34. The molecule has 0 saturated heterocycles. The Bertz CT molecular complexity index is 3490. The van der Waals surface area contributed by atoms with E-state index >= 15 is 0 Å². The molecule has 0 aliphatic heterocycles. The van der Waals surface area contributed by atoms with E-state index < -0.39 is 0 Å². The van der Waals surface area contributed by atoms with Crippen LogP contribution in [0.3, 0.4) is 0 Å². The summed E-state index contributed by atoms with van der Waals surface area (Å²) in [5.74, 6) is 0. The predicted octanol–water partition coefficient (Wildman–Crippen LogP) is 16.4. The molecule has 0 radical (unpaired) electrons. The number of furan rings is 1. The van der Waals surface area contributed by atoms with E-state index in [1.807, 2.05) is 28.7 Å². The largest absolute Gasteiger partial charge is 0.454 e. The second-order valence-corrected chi connectivity index (χ2v) is 16.5. The second-order valence-electron chi connectivity index (χ2n) is 14.4. The van der Waals surface area contributed by atoms with Crippen LogP contribution in [-0.4, -0.2) is 0 Å². The van der Waals surface area contributed by atoms with Crippen molar-refractivity contribution in [3.05, 3.63) is 194 Å². The number of para-hydroxylation sites is 4. The van der Waals surface area contributed by atoms with Crippen LogP contribution in [0, 0.1) is 0 Å². The summed E-state index contributed by atoms with van der Waals surface area (Å²) in [4.78, 5) is 4.89. The van der Waals surface area contributed by atoms with Crippen molar-refractivity contribution in [2.45, 2.75) is 0 Å². The molecule has 0 atom stereocenters. The topological polar surface area (TPSA) is 19.6 Å². The third-order valence-electron chi connectivity index (χ3n) is 11.2. The van der Waals surface area contributed by atoms with Crippen molar-refractivity contribution in [1.29, 1.82) is 0 Å². The van der Waals surface area contributed by atoms with Crippen molar-refractivity contribution < 1.29 is 4.42 Å². The minimum Gasteiger partial charge on any atom is -0.454 e. The van der Waals surface area contributed by atoms with Gasteiger partial charge >= 0.3 is 0 Å². The molecule has 0 saturated carbocycles. The van der Waals surface area contributed by atoms with Gasteiger partial charge in [0, 0.05) is 53.1 Å². The molecule has 3 heterocycles. The number of rotatable bonds is 6. The summed E-state index contributed by atoms with van der Waals surface area (Å²) in [6, 6.07) is 70.0. The predicted molar refractivity (Wildman–Crippen MR) is 246 cm³/mol. The SMILES string of the molecule is c1ccc(N(c2cccc3c2sc2ccccc23)c2ccc(N(c3ccccc3)c3cccc4c3oc3ccccc34)c3c2sc2ccc4ccccc4c23)cc1. The van der Waals surface area contributed by atoms with E-state index in [0.717, 1.165) is 50.4 Å². The highest BCUT2D eigenvalue weighted by Crippen LogP contribution is 2.54. The van der Waals surface area contributed by atoms with Crippen molar-refractivity contribution in [1.82, 2.24) is 0 Å². The van der Waals surface area contributed by atoms with Gasteiger partial charge in [-0.25, -0.2) is 0 Å². The van der Waals surface area contributed by atoms with Gasteiger partial charge in [0.2, 0.25) is 0 Å². The Balaban J connectivity index is 1.21. The number of nitrogens with zero attached hydrogens (tertiary/aromatic N) is 2. The molecule has 0 bridgehead atoms. The Morgan fingerprint density at radius 3 is 1.72 bits per heavy atom. The van der Waals surface area contributed by atoms with E-state index in [0.29, 0.717) is 0 Å². The molecule has 3 aromatic heterocycles. The first-order valence-electron chi connectivity index (χ1n) is 19.2. The van der Waals surface area contributed by atoms with Crippen LogP contribution in [0.15, 0.2) is 199 Å². The third-order valence-corrected chi connectivity index (χ3v) is 13.6. The molecule has 268 valence electrons. The van der Waals surface area contributed by atoms with Gasteiger partial charge in [-0.15, -0.1) is 22.7 Å². The molecule has 0 fully saturated rings. The van der Waals surface area contributed by atoms with Gasteiger partial charge < -0.3 is 14.2 Å². The number of fused-ring (bicyclic) bond motifs is 11. The third kappa shape index (κ3) is 4.96. The summed E-state index contributed by atoms with van der Waals surface area (Å²) >= 11 is 3.74. The Hall–Kier alpha value is -6.92. The van der Waals surface area contributed by atoms with Gasteiger partial charge in [0.1, 0.15) is 5.58 Å². The van der Waals surface area contributed by atoms with E-state index in [2.05, 4.69) is 198 Å². The summed E-state index contributed by atoms with van der Waals surface area (Å²) in [5, 5.41) is 9.72. The van der Waals surface area contributed by atoms with Crippen molar-refractivity contribution in [2.24, 2.45) is 0 Å². The molecule has 0 aliphatic rings. The summed E-state index contributed by atoms with van der Waals surface area (Å²) in [6.07, 6.45) is 0. The summed E-state index contributed by atoms with van der Waals surface area (Å²) in [6.45, 7) is 0. The molecule has 9 aromatic carbocycles. The lowest BCUT2D eigenvalue weighted by molar-refractivity contribution is 0.669. The van der Waals surface area contributed by atoms with Gasteiger partial charge in [-0.1, -0.05) is 127 Å². The van der Waals surface area contributed by atoms with Crippen molar-refractivity contribution in [3.8, 4) is 0 Å². The molecule has 5 heteroatoms. The van der Waals surface area contributed by atoms with E-state index in [9.17, 15) is 0 Å². The van der Waals surface area contributed by atoms with Gasteiger partial charge in [0.15, 0.2) is 5.58 Å². The minimum atomic E-state index is 0.867. The second kappa shape index (κ2) is 12.8. The molecular formula is C52H32N2OS2. The Kier molecular flexibility index (Phi) is 7.27. The van der Waals surface area contributed by atoms with Crippen molar-refractivity contribution in [2.75, 3.05) is 9.80 Å². The van der Waals surface area contributed by atoms with Crippen LogP contribution in [0.1, 0.15) is 0 Å². The molecule has 0 unspecified atom stereocenters. The van der Waals surface area contributed by atoms with Gasteiger partial charge in [-0.2, -0.15) is 0 Å². The Morgan fingerprint density at radius 2 is 0.912 bits per heavy atom. The van der Waals surface area contributed by atoms with Gasteiger partial charge in [-0.3, -0.25) is 0 Å². The zero-order valence-electron chi connectivity index (χ0n) is 30.6. The average molecular weight is 765 g/mol. The van der Waals surface area contributed by atoms with Crippen LogP contribution in [0.25, 0.3) is 73.1 Å². The summed E-state index contributed by atoms with van der Waals surface area (Å²) < 4.78 is 11.8. The molecule has 3 nitrogen and oxygen atoms in total. The van der Waals surface area contributed by atoms with Gasteiger partial charge in [-0.05, 0) is 77.5 Å². The number of benzene rings is 9. The molecular weight excluding hydrogens is 733 g/mol. The fraction of sp³-hybridized carbons (Fsp3) is 0. The lowest BCUT2D eigenvalue weighted by Gasteiger charge is -2.30. The van der Waals surface area contributed by atoms with Crippen LogP contribution in [-0.2, 0) is 0 Å². The zero-order chi connectivity index (χ0) is 37.5. The summed E-state index contributed by atoms with van der Waals surface area (Å²) in [7, 11) is 0. The average Bonchev–Trinajstić information content (AvgIpc) is 3.98. The van der Waals surface area contributed by atoms with Crippen LogP contribution < -0.4 is 9.80 Å². The smallest absolute Gasteiger partial charge is 0.159 e. The fourth-order valence-corrected chi connectivity index (χ4v) is 11.2. The fourth-order valence-electron chi connectivity index (χ4n) is 8.76. The van der Waals surface area contributed by atoms with E-state index in [1.54, 1.807) is 0 Å². The maximum absolute atomic E-state index is 6.76. The molecule has 0 aliphatic carbocycles. The quantitative estimate of drug-likeness (QED) is 0.168. The van der Waals surface area contributed by atoms with Crippen LogP contribution in [0.4, 0.5) is 34.1 Å². The first-order chi connectivity index (χ1) is 28.3. The minimum absolute atomic E-state index is 0.867. The van der Waals surface area contributed by atoms with Gasteiger partial charge in [0.05, 0.1) is 32.1 Å². The molecule has 57 heavy (non-hydrogen) atoms. The molecule has 0 spiro atoms. The standard InChI is InChI=1S/C52H32N2OS2/c1-3-16-34(17-4-1)53(42-25-13-23-39-37-21-9-11-27-45(37)55-50(39)42)41-30-31-44(52-49(41)48-36-20-8-7-15-33(36)29-32-47(48)57-52)54(35-18-5-2-6-19-35)43-26-14-24-40-38-22-10-12-28-46(38)56-51(40)43/h1-32H. The first kappa shape index (κ1) is 32.3. The lowest BCUT2D eigenvalue weighted by atomic mass is 10.0. The number of hydrogen-bond donors (Lipinski definition) is 0. The Labute approximate surface area is 336 Å². The number of anilines is 6. The maximum atomic E-state index is 6.76. The monoisotopic (exact) mass is 764 g/mol. The highest BCUT2D eigenvalue weighted by atomic mass is 32.1. The van der Waals surface area contributed by atoms with E-state index in [4.69, 9.17) is 4.42 Å². The number of thiophene rings is 2. The van der Waals surface area contributed by atoms with E-state index in [-0.39, 0.29) is 0 Å². The maximum Gasteiger partial charge on any atom is 0.159 e. The van der Waals surface area contributed by atoms with Crippen molar-refractivity contribution >= 4 is 130 Å². The molecule has 0 N–H and O–H groups in total. The Morgan fingerprint density at radius 1 is 0.333 bits per heavy atom. The first-order valence-corrected chi connectivity index (χ1v) is 20.8. The highest BCUT2D eigenvalue weighted by molar-refractivity contribution is 7.27. The van der Waals surface area contributed by atoms with Crippen LogP contribution >= 0.6 is 22.7 Å². The normalized spacial score (nSPS) is 11.9. The molecule has 0 amide bonds.